The number of nitrogens with zero attached hydrogens (tertiary/aromatic N) is 2. The highest BCUT2D eigenvalue weighted by Crippen LogP contribution is 2.37. The molecule has 0 spiro atoms. The van der Waals surface area contributed by atoms with Crippen LogP contribution in [0.2, 0.25) is 0 Å². The lowest BCUT2D eigenvalue weighted by Crippen LogP contribution is -2.36. The minimum atomic E-state index is -3.59. The molecule has 2 aromatic carbocycles. The van der Waals surface area contributed by atoms with Gasteiger partial charge in [0.25, 0.3) is 10.0 Å². The second-order valence-electron chi connectivity index (χ2n) is 7.47. The monoisotopic (exact) mass is 386 g/mol. The Labute approximate surface area is 161 Å². The van der Waals surface area contributed by atoms with E-state index in [0.717, 1.165) is 53.1 Å². The lowest BCUT2D eigenvalue weighted by atomic mass is 10.1. The average molecular weight is 387 g/mol. The number of hydrogen-bond donors (Lipinski definition) is 0. The topological polar surface area (TPSA) is 49.9 Å². The molecule has 2 aromatic rings. The first-order valence-corrected chi connectivity index (χ1v) is 10.9. The second kappa shape index (κ2) is 6.84. The number of sulfonamides is 1. The van der Waals surface area contributed by atoms with E-state index in [-0.39, 0.29) is 0 Å². The van der Waals surface area contributed by atoms with Crippen LogP contribution < -0.4 is 9.21 Å². The summed E-state index contributed by atoms with van der Waals surface area (Å²) in [5.74, 6) is 0. The molecule has 0 unspecified atom stereocenters. The molecule has 0 amide bonds. The minimum Gasteiger partial charge on any atom is -0.378 e. The Morgan fingerprint density at radius 1 is 0.926 bits per heavy atom. The predicted octanol–water partition coefficient (Wildman–Crippen LogP) is 3.20. The van der Waals surface area contributed by atoms with Crippen LogP contribution in [0.25, 0.3) is 0 Å². The van der Waals surface area contributed by atoms with Gasteiger partial charge in [-0.3, -0.25) is 4.31 Å². The van der Waals surface area contributed by atoms with E-state index in [9.17, 15) is 8.42 Å². The van der Waals surface area contributed by atoms with Crippen LogP contribution in [-0.4, -0.2) is 41.3 Å². The first kappa shape index (κ1) is 18.3. The Balaban J connectivity index is 1.75. The van der Waals surface area contributed by atoms with E-state index in [1.807, 2.05) is 39.0 Å². The molecule has 2 heterocycles. The Morgan fingerprint density at radius 3 is 2.26 bits per heavy atom. The predicted molar refractivity (Wildman–Crippen MR) is 108 cm³/mol. The number of hydrogen-bond acceptors (Lipinski definition) is 4. The molecule has 0 N–H and O–H groups in total. The highest BCUT2D eigenvalue weighted by molar-refractivity contribution is 7.93. The molecule has 5 nitrogen and oxygen atoms in total. The van der Waals surface area contributed by atoms with Crippen molar-refractivity contribution in [2.24, 2.45) is 0 Å². The van der Waals surface area contributed by atoms with Crippen molar-refractivity contribution in [3.63, 3.8) is 0 Å². The van der Waals surface area contributed by atoms with Crippen molar-refractivity contribution in [3.8, 4) is 0 Å². The van der Waals surface area contributed by atoms with Crippen molar-refractivity contribution < 1.29 is 13.2 Å². The van der Waals surface area contributed by atoms with Gasteiger partial charge in [-0.2, -0.15) is 0 Å². The first-order valence-electron chi connectivity index (χ1n) is 9.44. The van der Waals surface area contributed by atoms with Crippen LogP contribution in [0.4, 0.5) is 11.4 Å². The first-order chi connectivity index (χ1) is 12.9. The molecule has 27 heavy (non-hydrogen) atoms. The molecule has 0 saturated carbocycles. The molecular weight excluding hydrogens is 360 g/mol. The zero-order valence-electron chi connectivity index (χ0n) is 16.2. The van der Waals surface area contributed by atoms with Gasteiger partial charge in [-0.1, -0.05) is 23.8 Å². The third-order valence-electron chi connectivity index (χ3n) is 5.45. The average Bonchev–Trinajstić information content (AvgIpc) is 3.05. The third-order valence-corrected chi connectivity index (χ3v) is 7.57. The van der Waals surface area contributed by atoms with Crippen LogP contribution in [0.3, 0.4) is 0 Å². The molecule has 1 fully saturated rings. The van der Waals surface area contributed by atoms with E-state index in [0.29, 0.717) is 24.7 Å². The Morgan fingerprint density at radius 2 is 1.59 bits per heavy atom. The largest absolute Gasteiger partial charge is 0.378 e. The molecule has 4 rings (SSSR count). The van der Waals surface area contributed by atoms with Gasteiger partial charge >= 0.3 is 0 Å². The van der Waals surface area contributed by atoms with Crippen LogP contribution in [0.15, 0.2) is 35.2 Å². The number of aryl methyl sites for hydroxylation is 3. The smallest absolute Gasteiger partial charge is 0.264 e. The lowest BCUT2D eigenvalue weighted by molar-refractivity contribution is 0.122. The van der Waals surface area contributed by atoms with Crippen molar-refractivity contribution in [2.45, 2.75) is 32.1 Å². The van der Waals surface area contributed by atoms with E-state index in [1.165, 1.54) is 0 Å². The Hall–Kier alpha value is -2.05. The fourth-order valence-electron chi connectivity index (χ4n) is 4.29. The molecule has 0 atom stereocenters. The molecule has 2 aliphatic rings. The van der Waals surface area contributed by atoms with Gasteiger partial charge in [-0.15, -0.1) is 0 Å². The molecule has 0 aliphatic carbocycles. The maximum absolute atomic E-state index is 13.5. The Bertz CT molecular complexity index is 956. The number of morpholine rings is 1. The van der Waals surface area contributed by atoms with E-state index >= 15 is 0 Å². The van der Waals surface area contributed by atoms with Gasteiger partial charge in [-0.25, -0.2) is 8.42 Å². The third kappa shape index (κ3) is 3.21. The molecule has 0 aromatic heterocycles. The van der Waals surface area contributed by atoms with Gasteiger partial charge in [-0.05, 0) is 56.0 Å². The minimum absolute atomic E-state index is 0.442. The van der Waals surface area contributed by atoms with Crippen molar-refractivity contribution in [3.05, 3.63) is 52.6 Å². The van der Waals surface area contributed by atoms with Crippen LogP contribution >= 0.6 is 0 Å². The van der Waals surface area contributed by atoms with Gasteiger partial charge in [0, 0.05) is 25.3 Å². The number of fused-ring (bicyclic) bond motifs is 1. The second-order valence-corrected chi connectivity index (χ2v) is 9.27. The fraction of sp³-hybridized carbons (Fsp3) is 0.429. The van der Waals surface area contributed by atoms with E-state index in [4.69, 9.17) is 4.74 Å². The number of ether oxygens (including phenoxy) is 1. The SMILES string of the molecule is Cc1cc(C)c(S(=O)(=O)N2CCc3ccc(N4CCOCC4)cc32)c(C)c1. The molecule has 0 bridgehead atoms. The maximum atomic E-state index is 13.5. The summed E-state index contributed by atoms with van der Waals surface area (Å²) < 4.78 is 34.1. The quantitative estimate of drug-likeness (QED) is 0.813. The van der Waals surface area contributed by atoms with Crippen molar-refractivity contribution in [1.82, 2.24) is 0 Å². The van der Waals surface area contributed by atoms with Crippen molar-refractivity contribution in [1.29, 1.82) is 0 Å². The standard InChI is InChI=1S/C21H26N2O3S/c1-15-12-16(2)21(17(3)13-15)27(24,25)23-7-6-18-4-5-19(14-20(18)23)22-8-10-26-11-9-22/h4-5,12-14H,6-11H2,1-3H3. The van der Waals surface area contributed by atoms with Gasteiger partial charge in [0.15, 0.2) is 0 Å². The normalized spacial score (nSPS) is 17.3. The van der Waals surface area contributed by atoms with Crippen LogP contribution in [-0.2, 0) is 21.2 Å². The number of rotatable bonds is 3. The number of anilines is 2. The molecule has 0 radical (unpaired) electrons. The lowest BCUT2D eigenvalue weighted by Gasteiger charge is -2.30. The van der Waals surface area contributed by atoms with E-state index in [2.05, 4.69) is 17.0 Å². The van der Waals surface area contributed by atoms with Gasteiger partial charge in [0.1, 0.15) is 0 Å². The zero-order valence-corrected chi connectivity index (χ0v) is 17.0. The van der Waals surface area contributed by atoms with Crippen molar-refractivity contribution in [2.75, 3.05) is 42.1 Å². The van der Waals surface area contributed by atoms with Crippen molar-refractivity contribution >= 4 is 21.4 Å². The summed E-state index contributed by atoms with van der Waals surface area (Å²) in [5.41, 5.74) is 5.68. The highest BCUT2D eigenvalue weighted by atomic mass is 32.2. The van der Waals surface area contributed by atoms with Crippen LogP contribution in [0.1, 0.15) is 22.3 Å². The number of benzene rings is 2. The summed E-state index contributed by atoms with van der Waals surface area (Å²) in [6.45, 7) is 9.35. The highest BCUT2D eigenvalue weighted by Gasteiger charge is 2.33. The molecule has 144 valence electrons. The molecule has 2 aliphatic heterocycles. The van der Waals surface area contributed by atoms with Crippen LogP contribution in [0.5, 0.6) is 0 Å². The summed E-state index contributed by atoms with van der Waals surface area (Å²) in [6.07, 6.45) is 0.752. The Kier molecular flexibility index (Phi) is 4.64. The van der Waals surface area contributed by atoms with E-state index < -0.39 is 10.0 Å². The van der Waals surface area contributed by atoms with Gasteiger partial charge < -0.3 is 9.64 Å². The summed E-state index contributed by atoms with van der Waals surface area (Å²) in [4.78, 5) is 2.70. The maximum Gasteiger partial charge on any atom is 0.264 e. The van der Waals surface area contributed by atoms with E-state index in [1.54, 1.807) is 4.31 Å². The summed E-state index contributed by atoms with van der Waals surface area (Å²) in [5, 5.41) is 0. The van der Waals surface area contributed by atoms with Gasteiger partial charge in [0.2, 0.25) is 0 Å². The molecule has 6 heteroatoms. The summed E-state index contributed by atoms with van der Waals surface area (Å²) >= 11 is 0. The summed E-state index contributed by atoms with van der Waals surface area (Å²) in [7, 11) is -3.59. The van der Waals surface area contributed by atoms with Crippen LogP contribution in [0, 0.1) is 20.8 Å². The fourth-order valence-corrected chi connectivity index (χ4v) is 6.20. The molecule has 1 saturated heterocycles. The zero-order chi connectivity index (χ0) is 19.2. The summed E-state index contributed by atoms with van der Waals surface area (Å²) in [6, 6.07) is 10.1. The van der Waals surface area contributed by atoms with Gasteiger partial charge in [0.05, 0.1) is 23.8 Å². The molecular formula is C21H26N2O3S.